The van der Waals surface area contributed by atoms with Crippen molar-refractivity contribution in [3.8, 4) is 11.1 Å². The second-order valence-corrected chi connectivity index (χ2v) is 10.1. The number of para-hydroxylation sites is 2. The highest BCUT2D eigenvalue weighted by Crippen LogP contribution is 2.39. The summed E-state index contributed by atoms with van der Waals surface area (Å²) in [5, 5.41) is 0. The molecule has 1 nitrogen and oxygen atoms in total. The molecule has 7 rings (SSSR count). The van der Waals surface area contributed by atoms with Crippen LogP contribution in [-0.4, -0.2) is 13.6 Å². The molecule has 0 aromatic heterocycles. The van der Waals surface area contributed by atoms with Gasteiger partial charge in [-0.2, -0.15) is 0 Å². The Hall–Kier alpha value is -4.75. The molecule has 39 heavy (non-hydrogen) atoms. The molecule has 0 aliphatic carbocycles. The van der Waals surface area contributed by atoms with Crippen molar-refractivity contribution in [1.82, 2.24) is 0 Å². The molecule has 0 atom stereocenters. The summed E-state index contributed by atoms with van der Waals surface area (Å²) in [6.07, 6.45) is 0. The largest absolute Gasteiger partial charge is 0.376 e. The van der Waals surface area contributed by atoms with E-state index >= 15 is 0 Å². The average Bonchev–Trinajstić information content (AvgIpc) is 3.02. The van der Waals surface area contributed by atoms with Gasteiger partial charge in [-0.25, -0.2) is 0 Å². The molecule has 1 heterocycles. The summed E-state index contributed by atoms with van der Waals surface area (Å²) in [5.74, 6) is 0. The first kappa shape index (κ1) is 23.4. The van der Waals surface area contributed by atoms with E-state index in [0.29, 0.717) is 0 Å². The zero-order valence-corrected chi connectivity index (χ0v) is 21.7. The van der Waals surface area contributed by atoms with Gasteiger partial charge in [0.2, 0.25) is 6.71 Å². The summed E-state index contributed by atoms with van der Waals surface area (Å²) in [6.45, 7) is 0.228. The van der Waals surface area contributed by atoms with Crippen molar-refractivity contribution >= 4 is 52.2 Å². The van der Waals surface area contributed by atoms with E-state index < -0.39 is 0 Å². The molecule has 1 aliphatic rings. The highest BCUT2D eigenvalue weighted by Gasteiger charge is 2.37. The summed E-state index contributed by atoms with van der Waals surface area (Å²) in [4.78, 5) is 2.50. The van der Waals surface area contributed by atoms with Gasteiger partial charge < -0.3 is 4.81 Å². The van der Waals surface area contributed by atoms with Crippen LogP contribution in [0.25, 0.3) is 11.1 Å². The Balaban J connectivity index is 1.47. The maximum absolute atomic E-state index is 2.50. The number of benzene rings is 6. The quantitative estimate of drug-likeness (QED) is 0.300. The molecule has 6 aromatic carbocycles. The molecule has 0 saturated carbocycles. The van der Waals surface area contributed by atoms with Gasteiger partial charge in [0.25, 0.3) is 0 Å². The Labute approximate surface area is 231 Å². The second kappa shape index (κ2) is 10.2. The fourth-order valence-electron chi connectivity index (χ4n) is 6.12. The van der Waals surface area contributed by atoms with Crippen molar-refractivity contribution < 1.29 is 0 Å². The van der Waals surface area contributed by atoms with Crippen LogP contribution < -0.4 is 32.1 Å². The van der Waals surface area contributed by atoms with E-state index in [9.17, 15) is 0 Å². The molecular weight excluding hydrogens is 468 g/mol. The summed E-state index contributed by atoms with van der Waals surface area (Å²) >= 11 is 0. The lowest BCUT2D eigenvalue weighted by Gasteiger charge is -2.39. The van der Waals surface area contributed by atoms with Crippen molar-refractivity contribution in [2.45, 2.75) is 0 Å². The minimum Gasteiger partial charge on any atom is -0.376 e. The predicted octanol–water partition coefficient (Wildman–Crippen LogP) is 5.13. The Morgan fingerprint density at radius 2 is 0.974 bits per heavy atom. The molecule has 0 amide bonds. The Morgan fingerprint density at radius 1 is 0.436 bits per heavy atom. The van der Waals surface area contributed by atoms with Gasteiger partial charge in [0.1, 0.15) is 0 Å². The molecule has 182 valence electrons. The molecule has 3 heteroatoms. The van der Waals surface area contributed by atoms with Gasteiger partial charge in [-0.05, 0) is 29.2 Å². The van der Waals surface area contributed by atoms with Crippen LogP contribution in [-0.2, 0) is 0 Å². The van der Waals surface area contributed by atoms with Crippen LogP contribution in [0.3, 0.4) is 0 Å². The third kappa shape index (κ3) is 4.27. The summed E-state index contributed by atoms with van der Waals surface area (Å²) in [5.41, 5.74) is 11.5. The van der Waals surface area contributed by atoms with E-state index in [2.05, 4.69) is 169 Å². The van der Waals surface area contributed by atoms with Crippen molar-refractivity contribution in [3.05, 3.63) is 164 Å². The van der Waals surface area contributed by atoms with E-state index in [4.69, 9.17) is 0 Å². The van der Waals surface area contributed by atoms with Gasteiger partial charge in [0.15, 0.2) is 0 Å². The summed E-state index contributed by atoms with van der Waals surface area (Å²) in [6, 6.07) is 59.4. The third-order valence-electron chi connectivity index (χ3n) is 7.83. The number of fused-ring (bicyclic) bond motifs is 3. The Kier molecular flexibility index (Phi) is 6.11. The summed E-state index contributed by atoms with van der Waals surface area (Å²) in [7, 11) is 0. The van der Waals surface area contributed by atoms with Crippen LogP contribution in [0.2, 0.25) is 0 Å². The van der Waals surface area contributed by atoms with Crippen LogP contribution >= 0.6 is 0 Å². The number of anilines is 2. The van der Waals surface area contributed by atoms with Crippen molar-refractivity contribution in [2.24, 2.45) is 0 Å². The zero-order valence-electron chi connectivity index (χ0n) is 21.7. The Bertz CT molecular complexity index is 1660. The normalized spacial score (nSPS) is 12.0. The van der Waals surface area contributed by atoms with E-state index in [0.717, 1.165) is 0 Å². The van der Waals surface area contributed by atoms with Gasteiger partial charge in [-0.1, -0.05) is 167 Å². The molecule has 0 spiro atoms. The first-order valence-corrected chi connectivity index (χ1v) is 13.6. The second-order valence-electron chi connectivity index (χ2n) is 10.1. The highest BCUT2D eigenvalue weighted by molar-refractivity contribution is 6.96. The molecule has 0 N–H and O–H groups in total. The molecule has 0 bridgehead atoms. The smallest absolute Gasteiger partial charge is 0.328 e. The van der Waals surface area contributed by atoms with Crippen LogP contribution in [0.15, 0.2) is 164 Å². The first-order chi connectivity index (χ1) is 19.4. The van der Waals surface area contributed by atoms with Crippen molar-refractivity contribution in [3.63, 3.8) is 0 Å². The topological polar surface area (TPSA) is 3.24 Å². The number of nitrogens with zero attached hydrogens (tertiary/aromatic N) is 1. The van der Waals surface area contributed by atoms with Crippen LogP contribution in [0, 0.1) is 0 Å². The molecule has 0 saturated heterocycles. The van der Waals surface area contributed by atoms with Crippen molar-refractivity contribution in [1.29, 1.82) is 0 Å². The standard InChI is InChI=1S/C36H27B2N/c1-5-15-28(16-6-1)37(29-17-7-2-8-18-29)31-25-26-35-34(27-31)33-23-13-14-24-36(33)39(32-21-11-4-12-22-32)38(35)30-19-9-3-10-20-30/h1-27H. The van der Waals surface area contributed by atoms with Gasteiger partial charge in [0, 0.05) is 16.9 Å². The minimum absolute atomic E-state index is 0.0689. The van der Waals surface area contributed by atoms with Gasteiger partial charge in [0.05, 0.1) is 0 Å². The third-order valence-corrected chi connectivity index (χ3v) is 7.83. The highest BCUT2D eigenvalue weighted by atomic mass is 15.1. The predicted molar refractivity (Wildman–Crippen MR) is 169 cm³/mol. The fourth-order valence-corrected chi connectivity index (χ4v) is 6.12. The number of rotatable bonds is 5. The fraction of sp³-hybridized carbons (Fsp3) is 0. The number of hydrogen-bond acceptors (Lipinski definition) is 1. The average molecular weight is 495 g/mol. The molecule has 1 aliphatic heterocycles. The molecule has 0 unspecified atom stereocenters. The lowest BCUT2D eigenvalue weighted by atomic mass is 9.36. The lowest BCUT2D eigenvalue weighted by Crippen LogP contribution is -2.58. The monoisotopic (exact) mass is 495 g/mol. The summed E-state index contributed by atoms with van der Waals surface area (Å²) < 4.78 is 0. The first-order valence-electron chi connectivity index (χ1n) is 13.6. The lowest BCUT2D eigenvalue weighted by molar-refractivity contribution is 1.37. The molecule has 6 aromatic rings. The Morgan fingerprint density at radius 3 is 1.62 bits per heavy atom. The zero-order chi connectivity index (χ0) is 26.0. The molecule has 0 fully saturated rings. The minimum atomic E-state index is 0.0689. The van der Waals surface area contributed by atoms with Gasteiger partial charge in [-0.15, -0.1) is 0 Å². The number of hydrogen-bond donors (Lipinski definition) is 0. The van der Waals surface area contributed by atoms with Crippen molar-refractivity contribution in [2.75, 3.05) is 4.81 Å². The van der Waals surface area contributed by atoms with Gasteiger partial charge >= 0.3 is 6.85 Å². The SMILES string of the molecule is c1ccc(B(c2ccccc2)c2ccc3c(c2)-c2ccccc2N(c2ccccc2)B3c2ccccc2)cc1. The molecular formula is C36H27B2N. The maximum Gasteiger partial charge on any atom is 0.328 e. The maximum atomic E-state index is 2.50. The van der Waals surface area contributed by atoms with E-state index in [-0.39, 0.29) is 13.6 Å². The van der Waals surface area contributed by atoms with Crippen LogP contribution in [0.5, 0.6) is 0 Å². The van der Waals surface area contributed by atoms with E-state index in [1.807, 2.05) is 0 Å². The van der Waals surface area contributed by atoms with Gasteiger partial charge in [-0.3, -0.25) is 0 Å². The van der Waals surface area contributed by atoms with Crippen LogP contribution in [0.1, 0.15) is 0 Å². The van der Waals surface area contributed by atoms with E-state index in [1.165, 1.54) is 49.8 Å². The van der Waals surface area contributed by atoms with Crippen LogP contribution in [0.4, 0.5) is 11.4 Å². The van der Waals surface area contributed by atoms with E-state index in [1.54, 1.807) is 0 Å². The molecule has 0 radical (unpaired) electrons.